The molecule has 0 heterocycles. The van der Waals surface area contributed by atoms with Crippen molar-refractivity contribution in [2.45, 2.75) is 13.3 Å². The van der Waals surface area contributed by atoms with Gasteiger partial charge in [0.05, 0.1) is 12.7 Å². The van der Waals surface area contributed by atoms with E-state index in [2.05, 4.69) is 15.9 Å². The van der Waals surface area contributed by atoms with Crippen molar-refractivity contribution in [1.82, 2.24) is 0 Å². The van der Waals surface area contributed by atoms with Gasteiger partial charge >= 0.3 is 0 Å². The number of benzene rings is 1. The van der Waals surface area contributed by atoms with Gasteiger partial charge in [-0.15, -0.1) is 0 Å². The topological polar surface area (TPSA) is 26.3 Å². The van der Waals surface area contributed by atoms with Crippen LogP contribution in [0.1, 0.15) is 29.3 Å². The van der Waals surface area contributed by atoms with Crippen LogP contribution >= 0.6 is 15.9 Å². The van der Waals surface area contributed by atoms with E-state index in [0.717, 1.165) is 0 Å². The molecule has 0 aliphatic rings. The molecule has 5 heteroatoms. The maximum absolute atomic E-state index is 12.5. The summed E-state index contributed by atoms with van der Waals surface area (Å²) < 4.78 is 30.2. The molecular formula is C10H9BrF2O2. The van der Waals surface area contributed by atoms with Crippen molar-refractivity contribution in [2.75, 3.05) is 7.11 Å². The summed E-state index contributed by atoms with van der Waals surface area (Å²) in [6.45, 7) is 1.36. The molecule has 0 bridgehead atoms. The molecule has 1 rings (SSSR count). The van der Waals surface area contributed by atoms with Crippen LogP contribution in [-0.2, 0) is 0 Å². The second-order valence-corrected chi connectivity index (χ2v) is 3.79. The van der Waals surface area contributed by atoms with E-state index in [1.165, 1.54) is 26.2 Å². The van der Waals surface area contributed by atoms with Gasteiger partial charge in [0.2, 0.25) is 0 Å². The highest BCUT2D eigenvalue weighted by molar-refractivity contribution is 9.10. The molecule has 0 radical (unpaired) electrons. The van der Waals surface area contributed by atoms with Gasteiger partial charge in [0.15, 0.2) is 5.78 Å². The Balaban J connectivity index is 3.35. The van der Waals surface area contributed by atoms with Gasteiger partial charge in [0, 0.05) is 10.0 Å². The molecule has 0 fully saturated rings. The summed E-state index contributed by atoms with van der Waals surface area (Å²) in [4.78, 5) is 11.1. The van der Waals surface area contributed by atoms with Crippen LogP contribution in [0.5, 0.6) is 5.75 Å². The van der Waals surface area contributed by atoms with Crippen LogP contribution in [0.15, 0.2) is 16.6 Å². The van der Waals surface area contributed by atoms with E-state index in [1.54, 1.807) is 0 Å². The molecule has 0 saturated carbocycles. The van der Waals surface area contributed by atoms with Crippen LogP contribution in [0.3, 0.4) is 0 Å². The molecule has 0 aliphatic heterocycles. The van der Waals surface area contributed by atoms with Crippen LogP contribution < -0.4 is 4.74 Å². The Morgan fingerprint density at radius 1 is 1.47 bits per heavy atom. The first-order valence-electron chi connectivity index (χ1n) is 4.14. The zero-order valence-corrected chi connectivity index (χ0v) is 9.77. The minimum Gasteiger partial charge on any atom is -0.496 e. The summed E-state index contributed by atoms with van der Waals surface area (Å²) >= 11 is 3.07. The fourth-order valence-electron chi connectivity index (χ4n) is 1.19. The predicted octanol–water partition coefficient (Wildman–Crippen LogP) is 3.60. The van der Waals surface area contributed by atoms with E-state index in [1.807, 2.05) is 0 Å². The van der Waals surface area contributed by atoms with Gasteiger partial charge < -0.3 is 4.74 Å². The summed E-state index contributed by atoms with van der Waals surface area (Å²) in [5, 5.41) is 0. The number of alkyl halides is 2. The Hall–Kier alpha value is -0.970. The minimum absolute atomic E-state index is 0.0263. The average molecular weight is 279 g/mol. The smallest absolute Gasteiger partial charge is 0.267 e. The maximum Gasteiger partial charge on any atom is 0.267 e. The summed E-state index contributed by atoms with van der Waals surface area (Å²) in [7, 11) is 1.29. The Morgan fingerprint density at radius 2 is 2.07 bits per heavy atom. The highest BCUT2D eigenvalue weighted by Gasteiger charge is 2.18. The number of ketones is 1. The molecule has 1 aromatic carbocycles. The van der Waals surface area contributed by atoms with Crippen LogP contribution in [0.2, 0.25) is 0 Å². The van der Waals surface area contributed by atoms with Crippen molar-refractivity contribution in [3.63, 3.8) is 0 Å². The van der Waals surface area contributed by atoms with Gasteiger partial charge in [-0.05, 0) is 19.1 Å². The van der Waals surface area contributed by atoms with Gasteiger partial charge in [-0.3, -0.25) is 4.79 Å². The first-order chi connectivity index (χ1) is 6.97. The first-order valence-corrected chi connectivity index (χ1v) is 4.93. The quantitative estimate of drug-likeness (QED) is 0.790. The van der Waals surface area contributed by atoms with Crippen molar-refractivity contribution in [2.24, 2.45) is 0 Å². The lowest BCUT2D eigenvalue weighted by Gasteiger charge is -2.10. The predicted molar refractivity (Wildman–Crippen MR) is 55.7 cm³/mol. The summed E-state index contributed by atoms with van der Waals surface area (Å²) in [6.07, 6.45) is -2.63. The lowest BCUT2D eigenvalue weighted by Crippen LogP contribution is -1.99. The molecule has 0 aliphatic carbocycles. The number of carbonyl (C=O) groups excluding carboxylic acids is 1. The third kappa shape index (κ3) is 2.53. The lowest BCUT2D eigenvalue weighted by molar-refractivity contribution is 0.101. The summed E-state index contributed by atoms with van der Waals surface area (Å²) in [5.74, 6) is -0.181. The van der Waals surface area contributed by atoms with E-state index in [4.69, 9.17) is 4.74 Å². The first kappa shape index (κ1) is 12.1. The zero-order valence-electron chi connectivity index (χ0n) is 8.18. The van der Waals surface area contributed by atoms with E-state index in [9.17, 15) is 13.6 Å². The molecule has 0 aromatic heterocycles. The summed E-state index contributed by atoms with van der Waals surface area (Å²) in [6, 6.07) is 2.52. The monoisotopic (exact) mass is 278 g/mol. The van der Waals surface area contributed by atoms with Gasteiger partial charge in [-0.2, -0.15) is 0 Å². The molecule has 0 saturated heterocycles. The van der Waals surface area contributed by atoms with E-state index < -0.39 is 6.43 Å². The van der Waals surface area contributed by atoms with Crippen molar-refractivity contribution < 1.29 is 18.3 Å². The van der Waals surface area contributed by atoms with Gasteiger partial charge in [0.25, 0.3) is 6.43 Å². The largest absolute Gasteiger partial charge is 0.496 e. The third-order valence-electron chi connectivity index (χ3n) is 1.93. The van der Waals surface area contributed by atoms with E-state index in [0.29, 0.717) is 10.0 Å². The Kier molecular flexibility index (Phi) is 3.79. The van der Waals surface area contributed by atoms with Gasteiger partial charge in [-0.1, -0.05) is 15.9 Å². The Morgan fingerprint density at radius 3 is 2.47 bits per heavy atom. The lowest BCUT2D eigenvalue weighted by atomic mass is 10.1. The molecule has 0 spiro atoms. The molecule has 0 atom stereocenters. The third-order valence-corrected chi connectivity index (χ3v) is 2.59. The SMILES string of the molecule is COc1cc(C(C)=O)c(Br)cc1C(F)F. The van der Waals surface area contributed by atoms with Crippen molar-refractivity contribution >= 4 is 21.7 Å². The van der Waals surface area contributed by atoms with Crippen molar-refractivity contribution in [3.05, 3.63) is 27.7 Å². The van der Waals surface area contributed by atoms with Gasteiger partial charge in [0.1, 0.15) is 5.75 Å². The van der Waals surface area contributed by atoms with Crippen LogP contribution in [0, 0.1) is 0 Å². The van der Waals surface area contributed by atoms with Crippen LogP contribution in [-0.4, -0.2) is 12.9 Å². The van der Waals surface area contributed by atoms with Crippen molar-refractivity contribution in [1.29, 1.82) is 0 Å². The highest BCUT2D eigenvalue weighted by atomic mass is 79.9. The van der Waals surface area contributed by atoms with Crippen LogP contribution in [0.4, 0.5) is 8.78 Å². The van der Waals surface area contributed by atoms with Crippen molar-refractivity contribution in [3.8, 4) is 5.75 Å². The number of carbonyl (C=O) groups is 1. The average Bonchev–Trinajstić information content (AvgIpc) is 2.16. The maximum atomic E-state index is 12.5. The minimum atomic E-state index is -2.63. The standard InChI is InChI=1S/C10H9BrF2O2/c1-5(14)6-4-9(15-2)7(10(12)13)3-8(6)11/h3-4,10H,1-2H3. The Bertz CT molecular complexity index is 391. The van der Waals surface area contributed by atoms with E-state index >= 15 is 0 Å². The van der Waals surface area contributed by atoms with Gasteiger partial charge in [-0.25, -0.2) is 8.78 Å². The Labute approximate surface area is 94.4 Å². The second-order valence-electron chi connectivity index (χ2n) is 2.93. The second kappa shape index (κ2) is 4.70. The fraction of sp³-hybridized carbons (Fsp3) is 0.300. The molecular weight excluding hydrogens is 270 g/mol. The number of methoxy groups -OCH3 is 1. The number of Topliss-reactive ketones (excluding diaryl/α,β-unsaturated/α-hetero) is 1. The molecule has 1 aromatic rings. The summed E-state index contributed by atoms with van der Waals surface area (Å²) in [5.41, 5.74) is 0.102. The normalized spacial score (nSPS) is 10.5. The fourth-order valence-corrected chi connectivity index (χ4v) is 1.83. The number of hydrogen-bond acceptors (Lipinski definition) is 2. The number of halogens is 3. The molecule has 0 amide bonds. The molecule has 15 heavy (non-hydrogen) atoms. The number of ether oxygens (including phenoxy) is 1. The highest BCUT2D eigenvalue weighted by Crippen LogP contribution is 2.34. The number of hydrogen-bond donors (Lipinski definition) is 0. The molecule has 0 unspecified atom stereocenters. The number of rotatable bonds is 3. The zero-order chi connectivity index (χ0) is 11.6. The molecule has 82 valence electrons. The van der Waals surface area contributed by atoms with E-state index in [-0.39, 0.29) is 17.1 Å². The van der Waals surface area contributed by atoms with Crippen LogP contribution in [0.25, 0.3) is 0 Å². The molecule has 2 nitrogen and oxygen atoms in total. The molecule has 0 N–H and O–H groups in total.